The van der Waals surface area contributed by atoms with Crippen molar-refractivity contribution in [2.45, 2.75) is 24.7 Å². The van der Waals surface area contributed by atoms with Crippen LogP contribution in [0.1, 0.15) is 30.1 Å². The number of ether oxygens (including phenoxy) is 1. The number of sulfonamides is 1. The van der Waals surface area contributed by atoms with Crippen LogP contribution in [0.3, 0.4) is 0 Å². The van der Waals surface area contributed by atoms with Gasteiger partial charge in [0.1, 0.15) is 0 Å². The maximum absolute atomic E-state index is 12.2. The lowest BCUT2D eigenvalue weighted by atomic mass is 10.1. The van der Waals surface area contributed by atoms with Crippen molar-refractivity contribution in [2.75, 3.05) is 32.8 Å². The molecule has 7 heteroatoms. The number of halogens is 1. The lowest BCUT2D eigenvalue weighted by Gasteiger charge is -2.33. The summed E-state index contributed by atoms with van der Waals surface area (Å²) < 4.78 is 33.0. The summed E-state index contributed by atoms with van der Waals surface area (Å²) in [5.74, 6) is -0.0459. The van der Waals surface area contributed by atoms with E-state index in [0.717, 1.165) is 39.1 Å². The van der Waals surface area contributed by atoms with Crippen LogP contribution in [0.25, 0.3) is 0 Å². The molecule has 1 atom stereocenters. The van der Waals surface area contributed by atoms with E-state index in [2.05, 4.69) is 21.8 Å². The molecular weight excluding hydrogens is 396 g/mol. The predicted molar refractivity (Wildman–Crippen MR) is 113 cm³/mol. The van der Waals surface area contributed by atoms with Gasteiger partial charge in [0.25, 0.3) is 0 Å². The average molecular weight is 423 g/mol. The lowest BCUT2D eigenvalue weighted by Crippen LogP contribution is -2.39. The molecule has 1 unspecified atom stereocenters. The van der Waals surface area contributed by atoms with Gasteiger partial charge in [-0.1, -0.05) is 54.1 Å². The van der Waals surface area contributed by atoms with E-state index in [-0.39, 0.29) is 11.9 Å². The van der Waals surface area contributed by atoms with Gasteiger partial charge < -0.3 is 4.74 Å². The van der Waals surface area contributed by atoms with Crippen molar-refractivity contribution in [3.63, 3.8) is 0 Å². The fraction of sp³-hybridized carbons (Fsp3) is 0.429. The molecule has 2 aromatic carbocycles. The molecule has 28 heavy (non-hydrogen) atoms. The third-order valence-electron chi connectivity index (χ3n) is 4.79. The zero-order valence-corrected chi connectivity index (χ0v) is 17.5. The lowest BCUT2D eigenvalue weighted by molar-refractivity contribution is -0.0303. The van der Waals surface area contributed by atoms with E-state index >= 15 is 0 Å². The van der Waals surface area contributed by atoms with E-state index in [4.69, 9.17) is 16.3 Å². The third kappa shape index (κ3) is 6.87. The van der Waals surface area contributed by atoms with Gasteiger partial charge >= 0.3 is 0 Å². The molecule has 2 aromatic rings. The molecule has 0 spiro atoms. The van der Waals surface area contributed by atoms with Gasteiger partial charge in [0, 0.05) is 24.7 Å². The molecule has 0 amide bonds. The largest absolute Gasteiger partial charge is 0.371 e. The number of nitrogens with one attached hydrogen (secondary N) is 1. The van der Waals surface area contributed by atoms with E-state index in [1.807, 2.05) is 18.2 Å². The Labute approximate surface area is 172 Å². The van der Waals surface area contributed by atoms with Crippen LogP contribution in [0.2, 0.25) is 5.02 Å². The minimum absolute atomic E-state index is 0.0459. The Bertz CT molecular complexity index is 846. The van der Waals surface area contributed by atoms with Gasteiger partial charge in [0.2, 0.25) is 10.0 Å². The van der Waals surface area contributed by atoms with Crippen LogP contribution in [0, 0.1) is 0 Å². The first-order valence-electron chi connectivity index (χ1n) is 9.62. The van der Waals surface area contributed by atoms with Crippen molar-refractivity contribution in [2.24, 2.45) is 0 Å². The molecule has 3 rings (SSSR count). The van der Waals surface area contributed by atoms with Crippen molar-refractivity contribution < 1.29 is 13.2 Å². The smallest absolute Gasteiger partial charge is 0.215 e. The van der Waals surface area contributed by atoms with Crippen LogP contribution < -0.4 is 4.72 Å². The molecule has 0 radical (unpaired) electrons. The van der Waals surface area contributed by atoms with Gasteiger partial charge in [0.15, 0.2) is 0 Å². The van der Waals surface area contributed by atoms with Crippen LogP contribution >= 0.6 is 11.6 Å². The van der Waals surface area contributed by atoms with E-state index < -0.39 is 10.0 Å². The highest BCUT2D eigenvalue weighted by Gasteiger charge is 2.21. The quantitative estimate of drug-likeness (QED) is 0.627. The van der Waals surface area contributed by atoms with Crippen molar-refractivity contribution >= 4 is 21.6 Å². The van der Waals surface area contributed by atoms with Crippen LogP contribution in [-0.2, 0) is 20.5 Å². The van der Waals surface area contributed by atoms with Gasteiger partial charge in [-0.25, -0.2) is 13.1 Å². The first-order valence-corrected chi connectivity index (χ1v) is 11.7. The van der Waals surface area contributed by atoms with Crippen molar-refractivity contribution in [3.05, 3.63) is 70.7 Å². The van der Waals surface area contributed by atoms with E-state index in [9.17, 15) is 8.42 Å². The fourth-order valence-corrected chi connectivity index (χ4v) is 4.75. The summed E-state index contributed by atoms with van der Waals surface area (Å²) in [6.45, 7) is 3.93. The fourth-order valence-electron chi connectivity index (χ4n) is 3.36. The molecule has 0 aliphatic carbocycles. The predicted octanol–water partition coefficient (Wildman–Crippen LogP) is 3.61. The Hall–Kier alpha value is -1.44. The van der Waals surface area contributed by atoms with E-state index in [1.54, 1.807) is 24.3 Å². The first-order chi connectivity index (χ1) is 13.5. The Morgan fingerprint density at radius 1 is 1.11 bits per heavy atom. The summed E-state index contributed by atoms with van der Waals surface area (Å²) in [6, 6.07) is 17.2. The van der Waals surface area contributed by atoms with Crippen LogP contribution in [-0.4, -0.2) is 46.1 Å². The maximum atomic E-state index is 12.2. The van der Waals surface area contributed by atoms with Gasteiger partial charge in [0.05, 0.1) is 18.5 Å². The standard InChI is InChI=1S/C21H27ClN2O3S/c22-20-10-6-7-18(15-20)17-28(25,26)23-11-4-5-12-24-13-14-27-21(16-24)19-8-2-1-3-9-19/h1-3,6-10,15,21,23H,4-5,11-14,16-17H2. The number of unbranched alkanes of at least 4 members (excludes halogenated alkanes) is 1. The summed E-state index contributed by atoms with van der Waals surface area (Å²) in [5, 5.41) is 0.548. The maximum Gasteiger partial charge on any atom is 0.215 e. The molecule has 152 valence electrons. The highest BCUT2D eigenvalue weighted by molar-refractivity contribution is 7.88. The van der Waals surface area contributed by atoms with Crippen molar-refractivity contribution in [1.82, 2.24) is 9.62 Å². The molecule has 1 fully saturated rings. The van der Waals surface area contributed by atoms with E-state index in [1.165, 1.54) is 5.56 Å². The third-order valence-corrected chi connectivity index (χ3v) is 6.38. The second-order valence-electron chi connectivity index (χ2n) is 7.06. The summed E-state index contributed by atoms with van der Waals surface area (Å²) >= 11 is 5.91. The number of benzene rings is 2. The van der Waals surface area contributed by atoms with Crippen molar-refractivity contribution in [3.8, 4) is 0 Å². The van der Waals surface area contributed by atoms with Crippen molar-refractivity contribution in [1.29, 1.82) is 0 Å². The monoisotopic (exact) mass is 422 g/mol. The zero-order valence-electron chi connectivity index (χ0n) is 15.9. The molecule has 1 aliphatic rings. The van der Waals surface area contributed by atoms with Gasteiger partial charge in [-0.3, -0.25) is 4.90 Å². The highest BCUT2D eigenvalue weighted by Crippen LogP contribution is 2.22. The van der Waals surface area contributed by atoms with Crippen LogP contribution in [0.5, 0.6) is 0 Å². The molecule has 0 bridgehead atoms. The summed E-state index contributed by atoms with van der Waals surface area (Å²) in [7, 11) is -3.34. The average Bonchev–Trinajstić information content (AvgIpc) is 2.68. The Kier molecular flexibility index (Phi) is 7.88. The highest BCUT2D eigenvalue weighted by atomic mass is 35.5. The first kappa shape index (κ1) is 21.3. The molecule has 1 heterocycles. The Morgan fingerprint density at radius 3 is 2.71 bits per heavy atom. The Balaban J connectivity index is 1.36. The second-order valence-corrected chi connectivity index (χ2v) is 9.30. The molecule has 5 nitrogen and oxygen atoms in total. The molecule has 0 aromatic heterocycles. The van der Waals surface area contributed by atoms with E-state index in [0.29, 0.717) is 17.1 Å². The number of nitrogens with zero attached hydrogens (tertiary/aromatic N) is 1. The molecule has 1 N–H and O–H groups in total. The normalized spacial score (nSPS) is 18.2. The van der Waals surface area contributed by atoms with Gasteiger partial charge in [-0.05, 0) is 42.6 Å². The topological polar surface area (TPSA) is 58.6 Å². The molecule has 0 saturated carbocycles. The SMILES string of the molecule is O=S(=O)(Cc1cccc(Cl)c1)NCCCCN1CCOC(c2ccccc2)C1. The van der Waals surface area contributed by atoms with Crippen LogP contribution in [0.4, 0.5) is 0 Å². The van der Waals surface area contributed by atoms with Gasteiger partial charge in [-0.2, -0.15) is 0 Å². The number of rotatable bonds is 9. The summed E-state index contributed by atoms with van der Waals surface area (Å²) in [6.07, 6.45) is 1.87. The molecule has 1 aliphatic heterocycles. The zero-order chi connectivity index (χ0) is 19.8. The minimum Gasteiger partial charge on any atom is -0.371 e. The second kappa shape index (κ2) is 10.4. The number of hydrogen-bond acceptors (Lipinski definition) is 4. The minimum atomic E-state index is -3.34. The molecular formula is C21H27ClN2O3S. The summed E-state index contributed by atoms with van der Waals surface area (Å²) in [4.78, 5) is 2.39. The summed E-state index contributed by atoms with van der Waals surface area (Å²) in [5.41, 5.74) is 1.90. The number of hydrogen-bond donors (Lipinski definition) is 1. The van der Waals surface area contributed by atoms with Gasteiger partial charge in [-0.15, -0.1) is 0 Å². The number of morpholine rings is 1. The molecule has 1 saturated heterocycles. The van der Waals surface area contributed by atoms with Crippen LogP contribution in [0.15, 0.2) is 54.6 Å². The Morgan fingerprint density at radius 2 is 1.93 bits per heavy atom.